The minimum absolute atomic E-state index is 0.774. The topological polar surface area (TPSA) is 58.4 Å². The molecule has 0 bridgehead atoms. The lowest BCUT2D eigenvalue weighted by atomic mass is 10.1. The summed E-state index contributed by atoms with van der Waals surface area (Å²) in [6.45, 7) is 8.50. The predicted molar refractivity (Wildman–Crippen MR) is 371 cm³/mol. The highest BCUT2D eigenvalue weighted by molar-refractivity contribution is 6.27. The van der Waals surface area contributed by atoms with Crippen LogP contribution >= 0.6 is 0 Å². The van der Waals surface area contributed by atoms with Gasteiger partial charge in [0.05, 0.1) is 78.3 Å². The van der Waals surface area contributed by atoms with Gasteiger partial charge in [0.25, 0.3) is 0 Å². The summed E-state index contributed by atoms with van der Waals surface area (Å²) in [7, 11) is 0. The molecule has 0 aliphatic rings. The van der Waals surface area contributed by atoms with Crippen LogP contribution in [0.3, 0.4) is 0 Å². The molecule has 0 N–H and O–H groups in total. The fourth-order valence-corrected chi connectivity index (χ4v) is 13.1. The predicted octanol–water partition coefficient (Wildman–Crippen LogP) is 21.8. The molecule has 0 aliphatic heterocycles. The van der Waals surface area contributed by atoms with Crippen molar-refractivity contribution >= 4 is 87.2 Å². The van der Waals surface area contributed by atoms with Gasteiger partial charge in [0, 0.05) is 77.0 Å². The van der Waals surface area contributed by atoms with Crippen molar-refractivity contribution in [1.29, 1.82) is 0 Å². The van der Waals surface area contributed by atoms with E-state index in [2.05, 4.69) is 307 Å². The standard InChI is InChI=1S/C75H47N7.2C3H8/c1-3-22-50(23-4-1)79-68-40-13-9-30-58(68)72-70(79)44-42-56-54-28-7-11-38-66(54)81(74(56)72)52-26-15-20-48(46-52)60-32-17-34-62(76-60)64-36-19-37-65(78-64)63-35-18-33-61(77-63)49-21-16-27-53(47-49)82-67-39-12-8-29-55(67)57-43-45-71-73(75(57)82)59-31-10-14-41-69(59)80(71)51-24-5-2-6-25-51;2*1-3-2/h1-47H;2*3H2,1-2H3. The van der Waals surface area contributed by atoms with Crippen LogP contribution in [-0.4, -0.2) is 33.2 Å². The molecule has 0 saturated carbocycles. The lowest BCUT2D eigenvalue weighted by molar-refractivity contribution is 1.09. The molecule has 7 heterocycles. The Morgan fingerprint density at radius 3 is 0.909 bits per heavy atom. The van der Waals surface area contributed by atoms with Gasteiger partial charge < -0.3 is 18.3 Å². The Kier molecular flexibility index (Phi) is 13.8. The number of pyridine rings is 3. The normalized spacial score (nSPS) is 11.5. The highest BCUT2D eigenvalue weighted by atomic mass is 15.0. The smallest absolute Gasteiger partial charge is 0.0894 e. The summed E-state index contributed by atoms with van der Waals surface area (Å²) in [4.78, 5) is 15.9. The molecule has 88 heavy (non-hydrogen) atoms. The molecule has 7 heteroatoms. The van der Waals surface area contributed by atoms with Crippen molar-refractivity contribution < 1.29 is 0 Å². The third kappa shape index (κ3) is 9.01. The zero-order valence-corrected chi connectivity index (χ0v) is 49.7. The summed E-state index contributed by atoms with van der Waals surface area (Å²) in [6.07, 6.45) is 2.50. The van der Waals surface area contributed by atoms with E-state index in [1.807, 2.05) is 24.3 Å². The summed E-state index contributed by atoms with van der Waals surface area (Å²) in [5.41, 5.74) is 20.6. The van der Waals surface area contributed by atoms with Crippen LogP contribution < -0.4 is 0 Å². The summed E-state index contributed by atoms with van der Waals surface area (Å²) < 4.78 is 9.67. The Morgan fingerprint density at radius 2 is 0.523 bits per heavy atom. The monoisotopic (exact) mass is 1130 g/mol. The number of fused-ring (bicyclic) bond motifs is 14. The van der Waals surface area contributed by atoms with E-state index in [9.17, 15) is 0 Å². The van der Waals surface area contributed by atoms with Crippen molar-refractivity contribution in [3.8, 4) is 68.0 Å². The van der Waals surface area contributed by atoms with Crippen LogP contribution in [0.4, 0.5) is 0 Å². The third-order valence-corrected chi connectivity index (χ3v) is 16.5. The Hall–Kier alpha value is -11.2. The SMILES string of the molecule is CCC.CCC.c1ccc(-n2c3ccccc3c3c2ccc2c4ccccc4n(-c4cccc(-c5cccc(-c6cccc(-c7cccc(-c8cccc(-n9c%10ccccc%10c%10ccc%11c(c%12ccccc%12n%11-c%11ccccc%11)c%109)c8)n7)n6)n5)c4)c23)cc1. The summed E-state index contributed by atoms with van der Waals surface area (Å²) in [6, 6.07) is 102. The van der Waals surface area contributed by atoms with Gasteiger partial charge in [-0.05, 0) is 121 Å². The molecule has 0 amide bonds. The van der Waals surface area contributed by atoms with Crippen LogP contribution in [0, 0.1) is 0 Å². The van der Waals surface area contributed by atoms with Gasteiger partial charge in [-0.1, -0.05) is 204 Å². The fraction of sp³-hybridized carbons (Fsp3) is 0.0741. The minimum Gasteiger partial charge on any atom is -0.309 e. The Labute approximate surface area is 511 Å². The van der Waals surface area contributed by atoms with Crippen LogP contribution in [-0.2, 0) is 0 Å². The average Bonchev–Trinajstić information content (AvgIpc) is 1.85. The first-order valence-corrected chi connectivity index (χ1v) is 30.7. The van der Waals surface area contributed by atoms with Gasteiger partial charge in [-0.15, -0.1) is 0 Å². The second-order valence-electron chi connectivity index (χ2n) is 22.5. The van der Waals surface area contributed by atoms with E-state index in [0.29, 0.717) is 0 Å². The van der Waals surface area contributed by atoms with Gasteiger partial charge in [-0.2, -0.15) is 0 Å². The van der Waals surface area contributed by atoms with Crippen molar-refractivity contribution in [3.63, 3.8) is 0 Å². The van der Waals surface area contributed by atoms with E-state index in [0.717, 1.165) is 79.1 Å². The highest BCUT2D eigenvalue weighted by Gasteiger charge is 2.24. The van der Waals surface area contributed by atoms with E-state index >= 15 is 0 Å². The van der Waals surface area contributed by atoms with Gasteiger partial charge in [0.1, 0.15) is 0 Å². The van der Waals surface area contributed by atoms with Crippen molar-refractivity contribution in [3.05, 3.63) is 285 Å². The van der Waals surface area contributed by atoms with Crippen LogP contribution in [0.1, 0.15) is 40.5 Å². The molecule has 0 spiro atoms. The maximum absolute atomic E-state index is 5.32. The van der Waals surface area contributed by atoms with E-state index in [1.54, 1.807) is 0 Å². The number of nitrogens with zero attached hydrogens (tertiary/aromatic N) is 7. The molecule has 10 aromatic carbocycles. The molecule has 0 unspecified atom stereocenters. The summed E-state index contributed by atoms with van der Waals surface area (Å²) >= 11 is 0. The molecule has 17 aromatic rings. The number of hydrogen-bond acceptors (Lipinski definition) is 3. The van der Waals surface area contributed by atoms with Crippen molar-refractivity contribution in [2.45, 2.75) is 40.5 Å². The minimum atomic E-state index is 0.774. The fourth-order valence-electron chi connectivity index (χ4n) is 13.1. The van der Waals surface area contributed by atoms with Gasteiger partial charge in [-0.3, -0.25) is 0 Å². The first-order chi connectivity index (χ1) is 43.5. The average molecular weight is 1130 g/mol. The van der Waals surface area contributed by atoms with Gasteiger partial charge in [0.2, 0.25) is 0 Å². The molecule has 0 fully saturated rings. The van der Waals surface area contributed by atoms with Gasteiger partial charge in [0.15, 0.2) is 0 Å². The van der Waals surface area contributed by atoms with Crippen LogP contribution in [0.25, 0.3) is 155 Å². The van der Waals surface area contributed by atoms with Crippen LogP contribution in [0.5, 0.6) is 0 Å². The quantitative estimate of drug-likeness (QED) is 0.152. The molecular formula is C81H63N7. The molecule has 17 rings (SSSR count). The molecular weight excluding hydrogens is 1070 g/mol. The van der Waals surface area contributed by atoms with Crippen molar-refractivity contribution in [2.75, 3.05) is 0 Å². The highest BCUT2D eigenvalue weighted by Crippen LogP contribution is 2.45. The van der Waals surface area contributed by atoms with E-state index in [1.165, 1.54) is 89.0 Å². The van der Waals surface area contributed by atoms with Crippen molar-refractivity contribution in [2.24, 2.45) is 0 Å². The molecule has 0 aliphatic carbocycles. The molecule has 0 atom stereocenters. The second-order valence-corrected chi connectivity index (χ2v) is 22.5. The Bertz CT molecular complexity index is 5110. The molecule has 0 radical (unpaired) electrons. The molecule has 7 aromatic heterocycles. The number of rotatable bonds is 8. The van der Waals surface area contributed by atoms with Gasteiger partial charge >= 0.3 is 0 Å². The number of aromatic nitrogens is 7. The maximum atomic E-state index is 5.32. The molecule has 0 saturated heterocycles. The van der Waals surface area contributed by atoms with E-state index in [-0.39, 0.29) is 0 Å². The van der Waals surface area contributed by atoms with E-state index < -0.39 is 0 Å². The van der Waals surface area contributed by atoms with E-state index in [4.69, 9.17) is 15.0 Å². The first-order valence-electron chi connectivity index (χ1n) is 30.7. The largest absolute Gasteiger partial charge is 0.309 e. The zero-order chi connectivity index (χ0) is 59.2. The number of hydrogen-bond donors (Lipinski definition) is 0. The summed E-state index contributed by atoms with van der Waals surface area (Å²) in [5, 5.41) is 9.74. The van der Waals surface area contributed by atoms with Crippen molar-refractivity contribution in [1.82, 2.24) is 33.2 Å². The molecule has 7 nitrogen and oxygen atoms in total. The Balaban J connectivity index is 0.00000104. The first kappa shape index (κ1) is 53.6. The number of para-hydroxylation sites is 6. The Morgan fingerprint density at radius 1 is 0.227 bits per heavy atom. The third-order valence-electron chi connectivity index (χ3n) is 16.5. The lowest BCUT2D eigenvalue weighted by Gasteiger charge is -2.12. The zero-order valence-electron chi connectivity index (χ0n) is 49.7. The van der Waals surface area contributed by atoms with Crippen LogP contribution in [0.15, 0.2) is 285 Å². The maximum Gasteiger partial charge on any atom is 0.0894 e. The summed E-state index contributed by atoms with van der Waals surface area (Å²) in [5.74, 6) is 0. The number of benzene rings is 10. The lowest BCUT2D eigenvalue weighted by Crippen LogP contribution is -1.97. The van der Waals surface area contributed by atoms with Gasteiger partial charge in [-0.25, -0.2) is 15.0 Å². The van der Waals surface area contributed by atoms with Crippen LogP contribution in [0.2, 0.25) is 0 Å². The molecule has 422 valence electrons. The second kappa shape index (κ2) is 22.7.